The lowest BCUT2D eigenvalue weighted by Gasteiger charge is -2.20. The average Bonchev–Trinajstić information content (AvgIpc) is 2.39. The van der Waals surface area contributed by atoms with Crippen molar-refractivity contribution < 1.29 is 4.74 Å². The van der Waals surface area contributed by atoms with E-state index in [2.05, 4.69) is 33.0 Å². The third-order valence-corrected chi connectivity index (χ3v) is 3.10. The number of pyridine rings is 1. The van der Waals surface area contributed by atoms with Gasteiger partial charge < -0.3 is 4.74 Å². The molecule has 2 aromatic rings. The van der Waals surface area contributed by atoms with Crippen molar-refractivity contribution >= 4 is 22.0 Å². The van der Waals surface area contributed by atoms with Crippen LogP contribution in [0, 0.1) is 0 Å². The lowest BCUT2D eigenvalue weighted by atomic mass is 10.1. The Morgan fingerprint density at radius 2 is 2.00 bits per heavy atom. The van der Waals surface area contributed by atoms with E-state index in [0.717, 1.165) is 15.6 Å². The molecule has 17 heavy (non-hydrogen) atoms. The number of hydrogen-bond acceptors (Lipinski definition) is 2. The van der Waals surface area contributed by atoms with E-state index in [0.29, 0.717) is 5.88 Å². The molecule has 2 nitrogen and oxygen atoms in total. The number of nitrogens with zero attached hydrogens (tertiary/aromatic N) is 1. The van der Waals surface area contributed by atoms with Crippen LogP contribution in [0.5, 0.6) is 5.88 Å². The second-order valence-electron chi connectivity index (χ2n) is 3.86. The summed E-state index contributed by atoms with van der Waals surface area (Å²) in [5, 5.41) is 0. The highest BCUT2D eigenvalue weighted by Gasteiger charge is 2.17. The first-order valence-corrected chi connectivity index (χ1v) is 6.17. The number of ether oxygens (including phenoxy) is 1. The number of rotatable bonds is 1. The van der Waals surface area contributed by atoms with Gasteiger partial charge in [-0.05, 0) is 39.7 Å². The Bertz CT molecular complexity index is 566. The summed E-state index contributed by atoms with van der Waals surface area (Å²) in [4.78, 5) is 4.27. The summed E-state index contributed by atoms with van der Waals surface area (Å²) >= 11 is 3.40. The predicted octanol–water partition coefficient (Wildman–Crippen LogP) is 3.99. The molecule has 0 N–H and O–H groups in total. The largest absolute Gasteiger partial charge is 0.465 e. The van der Waals surface area contributed by atoms with E-state index in [1.165, 1.54) is 0 Å². The second-order valence-corrected chi connectivity index (χ2v) is 4.77. The van der Waals surface area contributed by atoms with Gasteiger partial charge in [-0.2, -0.15) is 0 Å². The van der Waals surface area contributed by atoms with Crippen molar-refractivity contribution in [3.05, 3.63) is 64.3 Å². The van der Waals surface area contributed by atoms with Gasteiger partial charge in [-0.25, -0.2) is 4.98 Å². The molecule has 1 aliphatic rings. The molecule has 0 amide bonds. The summed E-state index contributed by atoms with van der Waals surface area (Å²) in [6.07, 6.45) is 5.80. The Labute approximate surface area is 108 Å². The van der Waals surface area contributed by atoms with Crippen LogP contribution in [0.1, 0.15) is 17.2 Å². The van der Waals surface area contributed by atoms with Crippen LogP contribution in [-0.2, 0) is 0 Å². The van der Waals surface area contributed by atoms with Crippen molar-refractivity contribution in [3.8, 4) is 5.88 Å². The van der Waals surface area contributed by atoms with Crippen LogP contribution in [0.3, 0.4) is 0 Å². The highest BCUT2D eigenvalue weighted by atomic mass is 79.9. The molecule has 0 radical (unpaired) electrons. The van der Waals surface area contributed by atoms with Gasteiger partial charge in [0, 0.05) is 16.2 Å². The zero-order chi connectivity index (χ0) is 11.7. The summed E-state index contributed by atoms with van der Waals surface area (Å²) in [6, 6.07) is 12.1. The Morgan fingerprint density at radius 1 is 1.18 bits per heavy atom. The van der Waals surface area contributed by atoms with E-state index in [-0.39, 0.29) is 6.10 Å². The molecule has 1 aromatic carbocycles. The van der Waals surface area contributed by atoms with E-state index in [9.17, 15) is 0 Å². The molecule has 3 heteroatoms. The van der Waals surface area contributed by atoms with Crippen molar-refractivity contribution in [2.75, 3.05) is 0 Å². The Hall–Kier alpha value is -1.61. The second kappa shape index (κ2) is 4.34. The highest BCUT2D eigenvalue weighted by molar-refractivity contribution is 9.10. The minimum atomic E-state index is -0.0441. The Kier molecular flexibility index (Phi) is 2.69. The Morgan fingerprint density at radius 3 is 2.82 bits per heavy atom. The fourth-order valence-electron chi connectivity index (χ4n) is 1.83. The normalized spacial score (nSPS) is 17.4. The molecule has 1 aliphatic heterocycles. The maximum Gasteiger partial charge on any atom is 0.221 e. The van der Waals surface area contributed by atoms with Crippen LogP contribution in [0.4, 0.5) is 0 Å². The van der Waals surface area contributed by atoms with Crippen molar-refractivity contribution in [2.45, 2.75) is 6.10 Å². The standard InChI is InChI=1S/C14H10BrNO/c15-12-8-11-6-7-13(17-14(11)16-9-12)10-4-2-1-3-5-10/h1-9,13H/t13-/m1/s1. The van der Waals surface area contributed by atoms with E-state index >= 15 is 0 Å². The van der Waals surface area contributed by atoms with Gasteiger partial charge in [0.15, 0.2) is 0 Å². The zero-order valence-electron chi connectivity index (χ0n) is 9.01. The van der Waals surface area contributed by atoms with E-state index in [1.807, 2.05) is 36.4 Å². The third kappa shape index (κ3) is 2.11. The average molecular weight is 288 g/mol. The monoisotopic (exact) mass is 287 g/mol. The first kappa shape index (κ1) is 10.5. The first-order valence-electron chi connectivity index (χ1n) is 5.38. The summed E-state index contributed by atoms with van der Waals surface area (Å²) in [7, 11) is 0. The maximum absolute atomic E-state index is 5.85. The fourth-order valence-corrected chi connectivity index (χ4v) is 2.18. The molecule has 0 bridgehead atoms. The zero-order valence-corrected chi connectivity index (χ0v) is 10.6. The highest BCUT2D eigenvalue weighted by Crippen LogP contribution is 2.31. The number of benzene rings is 1. The summed E-state index contributed by atoms with van der Waals surface area (Å²) < 4.78 is 6.82. The molecule has 2 heterocycles. The predicted molar refractivity (Wildman–Crippen MR) is 70.8 cm³/mol. The van der Waals surface area contributed by atoms with E-state index in [1.54, 1.807) is 6.20 Å². The Balaban J connectivity index is 1.94. The van der Waals surface area contributed by atoms with Crippen LogP contribution in [0.25, 0.3) is 6.08 Å². The topological polar surface area (TPSA) is 22.1 Å². The molecule has 1 aromatic heterocycles. The van der Waals surface area contributed by atoms with Crippen LogP contribution in [0.2, 0.25) is 0 Å². The molecule has 0 saturated heterocycles. The molecule has 0 saturated carbocycles. The SMILES string of the molecule is Brc1cnc2c(c1)C=C[C@H](c1ccccc1)O2. The fraction of sp³-hybridized carbons (Fsp3) is 0.0714. The molecule has 0 aliphatic carbocycles. The first-order chi connectivity index (χ1) is 8.33. The molecule has 0 unspecified atom stereocenters. The van der Waals surface area contributed by atoms with Crippen molar-refractivity contribution in [3.63, 3.8) is 0 Å². The van der Waals surface area contributed by atoms with Crippen LogP contribution < -0.4 is 4.74 Å². The van der Waals surface area contributed by atoms with Gasteiger partial charge in [0.25, 0.3) is 0 Å². The number of fused-ring (bicyclic) bond motifs is 1. The van der Waals surface area contributed by atoms with Gasteiger partial charge in [0.2, 0.25) is 5.88 Å². The molecule has 3 rings (SSSR count). The maximum atomic E-state index is 5.85. The smallest absolute Gasteiger partial charge is 0.221 e. The van der Waals surface area contributed by atoms with E-state index in [4.69, 9.17) is 4.74 Å². The van der Waals surface area contributed by atoms with Gasteiger partial charge in [-0.15, -0.1) is 0 Å². The van der Waals surface area contributed by atoms with Crippen LogP contribution >= 0.6 is 15.9 Å². The summed E-state index contributed by atoms with van der Waals surface area (Å²) in [5.74, 6) is 0.685. The molecule has 0 fully saturated rings. The van der Waals surface area contributed by atoms with Crippen molar-refractivity contribution in [2.24, 2.45) is 0 Å². The molecule has 1 atom stereocenters. The molecular weight excluding hydrogens is 278 g/mol. The third-order valence-electron chi connectivity index (χ3n) is 2.66. The number of aromatic nitrogens is 1. The van der Waals surface area contributed by atoms with Crippen LogP contribution in [0.15, 0.2) is 53.1 Å². The molecule has 0 spiro atoms. The van der Waals surface area contributed by atoms with E-state index < -0.39 is 0 Å². The molecule has 84 valence electrons. The van der Waals surface area contributed by atoms with Crippen molar-refractivity contribution in [1.29, 1.82) is 0 Å². The van der Waals surface area contributed by atoms with Gasteiger partial charge >= 0.3 is 0 Å². The number of halogens is 1. The minimum Gasteiger partial charge on any atom is -0.465 e. The minimum absolute atomic E-state index is 0.0441. The lowest BCUT2D eigenvalue weighted by Crippen LogP contribution is -2.09. The van der Waals surface area contributed by atoms with Gasteiger partial charge in [0.05, 0.1) is 0 Å². The number of hydrogen-bond donors (Lipinski definition) is 0. The summed E-state index contributed by atoms with van der Waals surface area (Å²) in [5.41, 5.74) is 2.14. The van der Waals surface area contributed by atoms with Gasteiger partial charge in [-0.1, -0.05) is 30.3 Å². The van der Waals surface area contributed by atoms with Crippen LogP contribution in [-0.4, -0.2) is 4.98 Å². The lowest BCUT2D eigenvalue weighted by molar-refractivity contribution is 0.241. The van der Waals surface area contributed by atoms with Crippen molar-refractivity contribution in [1.82, 2.24) is 4.98 Å². The summed E-state index contributed by atoms with van der Waals surface area (Å²) in [6.45, 7) is 0. The quantitative estimate of drug-likeness (QED) is 0.791. The van der Waals surface area contributed by atoms with Gasteiger partial charge in [0.1, 0.15) is 6.10 Å². The van der Waals surface area contributed by atoms with Gasteiger partial charge in [-0.3, -0.25) is 0 Å². The molecular formula is C14H10BrNO.